The largest absolute Gasteiger partial charge is 0.353 e. The van der Waals surface area contributed by atoms with E-state index >= 15 is 0 Å². The van der Waals surface area contributed by atoms with E-state index in [1.54, 1.807) is 0 Å². The van der Waals surface area contributed by atoms with Gasteiger partial charge in [0.25, 0.3) is 0 Å². The Kier molecular flexibility index (Phi) is 5.54. The molecule has 2 rings (SSSR count). The van der Waals surface area contributed by atoms with Gasteiger partial charge < -0.3 is 11.1 Å². The van der Waals surface area contributed by atoms with Gasteiger partial charge in [0, 0.05) is 37.7 Å². The zero-order valence-corrected chi connectivity index (χ0v) is 12.8. The van der Waals surface area contributed by atoms with Gasteiger partial charge in [-0.2, -0.15) is 11.8 Å². The zero-order valence-electron chi connectivity index (χ0n) is 12.0. The minimum atomic E-state index is -0.616. The SMILES string of the molecule is CC1CCCC(N)(C(=O)NCCN2CCSCC2)C1. The molecule has 3 N–H and O–H groups in total. The van der Waals surface area contributed by atoms with Crippen molar-refractivity contribution in [1.82, 2.24) is 10.2 Å². The van der Waals surface area contributed by atoms with Gasteiger partial charge in [-0.3, -0.25) is 9.69 Å². The van der Waals surface area contributed by atoms with Gasteiger partial charge >= 0.3 is 0 Å². The Morgan fingerprint density at radius 3 is 2.89 bits per heavy atom. The number of thioether (sulfide) groups is 1. The molecule has 1 heterocycles. The maximum Gasteiger partial charge on any atom is 0.240 e. The lowest BCUT2D eigenvalue weighted by molar-refractivity contribution is -0.128. The Hall–Kier alpha value is -0.260. The summed E-state index contributed by atoms with van der Waals surface area (Å²) < 4.78 is 0. The minimum Gasteiger partial charge on any atom is -0.353 e. The van der Waals surface area contributed by atoms with Gasteiger partial charge in [0.15, 0.2) is 0 Å². The number of hydrogen-bond acceptors (Lipinski definition) is 4. The first kappa shape index (κ1) is 15.1. The third kappa shape index (κ3) is 4.36. The molecular weight excluding hydrogens is 258 g/mol. The second-order valence-electron chi connectivity index (χ2n) is 6.07. The number of amides is 1. The predicted octanol–water partition coefficient (Wildman–Crippen LogP) is 1.06. The fourth-order valence-corrected chi connectivity index (χ4v) is 4.11. The lowest BCUT2D eigenvalue weighted by Gasteiger charge is -2.35. The van der Waals surface area contributed by atoms with Crippen molar-refractivity contribution in [3.05, 3.63) is 0 Å². The van der Waals surface area contributed by atoms with Crippen molar-refractivity contribution in [2.45, 2.75) is 38.1 Å². The third-order valence-corrected chi connectivity index (χ3v) is 5.24. The molecule has 2 unspecified atom stereocenters. The molecule has 0 aromatic heterocycles. The maximum absolute atomic E-state index is 12.2. The quantitative estimate of drug-likeness (QED) is 0.811. The number of carbonyl (C=O) groups is 1. The molecule has 4 nitrogen and oxygen atoms in total. The number of nitrogens with one attached hydrogen (secondary N) is 1. The van der Waals surface area contributed by atoms with Gasteiger partial charge in [0.2, 0.25) is 5.91 Å². The number of hydrogen-bond donors (Lipinski definition) is 2. The molecule has 110 valence electrons. The van der Waals surface area contributed by atoms with Gasteiger partial charge in [0.05, 0.1) is 5.54 Å². The summed E-state index contributed by atoms with van der Waals surface area (Å²) in [6.07, 6.45) is 3.95. The van der Waals surface area contributed by atoms with Crippen molar-refractivity contribution in [2.75, 3.05) is 37.7 Å². The van der Waals surface area contributed by atoms with E-state index in [2.05, 4.69) is 17.1 Å². The first-order chi connectivity index (χ1) is 9.10. The first-order valence-corrected chi connectivity index (χ1v) is 8.63. The van der Waals surface area contributed by atoms with Crippen LogP contribution in [0.5, 0.6) is 0 Å². The Balaban J connectivity index is 1.71. The molecule has 2 atom stereocenters. The average Bonchev–Trinajstić information content (AvgIpc) is 2.39. The van der Waals surface area contributed by atoms with E-state index in [0.717, 1.165) is 45.4 Å². The van der Waals surface area contributed by atoms with E-state index in [1.165, 1.54) is 17.9 Å². The van der Waals surface area contributed by atoms with Crippen molar-refractivity contribution in [3.8, 4) is 0 Å². The van der Waals surface area contributed by atoms with Gasteiger partial charge in [-0.05, 0) is 18.8 Å². The van der Waals surface area contributed by atoms with Crippen LogP contribution in [-0.2, 0) is 4.79 Å². The highest BCUT2D eigenvalue weighted by Crippen LogP contribution is 2.30. The van der Waals surface area contributed by atoms with Gasteiger partial charge in [0.1, 0.15) is 0 Å². The van der Waals surface area contributed by atoms with Crippen molar-refractivity contribution < 1.29 is 4.79 Å². The van der Waals surface area contributed by atoms with E-state index < -0.39 is 5.54 Å². The molecule has 5 heteroatoms. The normalized spacial score (nSPS) is 33.1. The summed E-state index contributed by atoms with van der Waals surface area (Å²) in [5.41, 5.74) is 5.67. The molecular formula is C14H27N3OS. The van der Waals surface area contributed by atoms with E-state index in [1.807, 2.05) is 11.8 Å². The van der Waals surface area contributed by atoms with Crippen LogP contribution in [0.25, 0.3) is 0 Å². The van der Waals surface area contributed by atoms with Crippen LogP contribution in [0, 0.1) is 5.92 Å². The van der Waals surface area contributed by atoms with Crippen LogP contribution in [0.3, 0.4) is 0 Å². The smallest absolute Gasteiger partial charge is 0.240 e. The number of rotatable bonds is 4. The molecule has 0 radical (unpaired) electrons. The molecule has 0 aromatic rings. The van der Waals surface area contributed by atoms with Crippen molar-refractivity contribution in [2.24, 2.45) is 11.7 Å². The second kappa shape index (κ2) is 6.95. The van der Waals surface area contributed by atoms with Gasteiger partial charge in [-0.1, -0.05) is 19.8 Å². The molecule has 0 spiro atoms. The van der Waals surface area contributed by atoms with Crippen molar-refractivity contribution in [1.29, 1.82) is 0 Å². The molecule has 1 saturated carbocycles. The first-order valence-electron chi connectivity index (χ1n) is 7.47. The van der Waals surface area contributed by atoms with Crippen LogP contribution >= 0.6 is 11.8 Å². The topological polar surface area (TPSA) is 58.4 Å². The monoisotopic (exact) mass is 285 g/mol. The number of carbonyl (C=O) groups excluding carboxylic acids is 1. The van der Waals surface area contributed by atoms with Crippen molar-refractivity contribution in [3.63, 3.8) is 0 Å². The molecule has 1 aliphatic heterocycles. The average molecular weight is 285 g/mol. The summed E-state index contributed by atoms with van der Waals surface area (Å²) in [6.45, 7) is 6.17. The molecule has 1 saturated heterocycles. The van der Waals surface area contributed by atoms with Crippen LogP contribution in [0.1, 0.15) is 32.6 Å². The lowest BCUT2D eigenvalue weighted by Crippen LogP contribution is -2.57. The standard InChI is InChI=1S/C14H27N3OS/c1-12-3-2-4-14(15,11-12)13(18)16-5-6-17-7-9-19-10-8-17/h12H,2-11,15H2,1H3,(H,16,18). The fraction of sp³-hybridized carbons (Fsp3) is 0.929. The molecule has 1 amide bonds. The zero-order chi connectivity index (χ0) is 13.7. The highest BCUT2D eigenvalue weighted by atomic mass is 32.2. The summed E-state index contributed by atoms with van der Waals surface area (Å²) >= 11 is 2.01. The van der Waals surface area contributed by atoms with Gasteiger partial charge in [-0.15, -0.1) is 0 Å². The van der Waals surface area contributed by atoms with Crippen LogP contribution in [0.15, 0.2) is 0 Å². The Bertz CT molecular complexity index is 307. The van der Waals surface area contributed by atoms with E-state index in [9.17, 15) is 4.79 Å². The van der Waals surface area contributed by atoms with E-state index in [0.29, 0.717) is 5.92 Å². The fourth-order valence-electron chi connectivity index (χ4n) is 3.13. The Labute approximate surface area is 120 Å². The molecule has 1 aliphatic carbocycles. The van der Waals surface area contributed by atoms with Crippen LogP contribution < -0.4 is 11.1 Å². The highest BCUT2D eigenvalue weighted by Gasteiger charge is 2.37. The third-order valence-electron chi connectivity index (χ3n) is 4.30. The van der Waals surface area contributed by atoms with Crippen molar-refractivity contribution >= 4 is 17.7 Å². The van der Waals surface area contributed by atoms with Gasteiger partial charge in [-0.25, -0.2) is 0 Å². The maximum atomic E-state index is 12.2. The molecule has 19 heavy (non-hydrogen) atoms. The number of nitrogens with zero attached hydrogens (tertiary/aromatic N) is 1. The summed E-state index contributed by atoms with van der Waals surface area (Å²) in [4.78, 5) is 14.7. The molecule has 2 fully saturated rings. The molecule has 0 aromatic carbocycles. The van der Waals surface area contributed by atoms with Crippen LogP contribution in [0.2, 0.25) is 0 Å². The molecule has 0 bridgehead atoms. The Morgan fingerprint density at radius 1 is 1.47 bits per heavy atom. The van der Waals surface area contributed by atoms with E-state index in [-0.39, 0.29) is 5.91 Å². The van der Waals surface area contributed by atoms with Crippen LogP contribution in [-0.4, -0.2) is 54.0 Å². The minimum absolute atomic E-state index is 0.0606. The summed E-state index contributed by atoms with van der Waals surface area (Å²) in [5, 5.41) is 3.05. The van der Waals surface area contributed by atoms with E-state index in [4.69, 9.17) is 5.73 Å². The lowest BCUT2D eigenvalue weighted by atomic mass is 9.76. The summed E-state index contributed by atoms with van der Waals surface area (Å²) in [6, 6.07) is 0. The summed E-state index contributed by atoms with van der Waals surface area (Å²) in [5.74, 6) is 3.06. The van der Waals surface area contributed by atoms with Crippen LogP contribution in [0.4, 0.5) is 0 Å². The highest BCUT2D eigenvalue weighted by molar-refractivity contribution is 7.99. The Morgan fingerprint density at radius 2 is 2.21 bits per heavy atom. The number of nitrogens with two attached hydrogens (primary N) is 1. The summed E-state index contributed by atoms with van der Waals surface area (Å²) in [7, 11) is 0. The molecule has 2 aliphatic rings. The predicted molar refractivity (Wildman–Crippen MR) is 81.3 cm³/mol. The second-order valence-corrected chi connectivity index (χ2v) is 7.29.